The molecule has 0 N–H and O–H groups in total. The first-order valence-corrected chi connectivity index (χ1v) is 8.27. The van der Waals surface area contributed by atoms with E-state index in [1.165, 1.54) is 0 Å². The normalized spacial score (nSPS) is 16.8. The number of nitrogens with zero attached hydrogens (tertiary/aromatic N) is 4. The third-order valence-electron chi connectivity index (χ3n) is 4.28. The van der Waals surface area contributed by atoms with E-state index in [1.807, 2.05) is 58.3 Å². The molecule has 1 atom stereocenters. The van der Waals surface area contributed by atoms with Crippen LogP contribution in [0.25, 0.3) is 5.69 Å². The molecule has 4 rings (SSSR count). The van der Waals surface area contributed by atoms with Gasteiger partial charge in [-0.15, -0.1) is 5.10 Å². The van der Waals surface area contributed by atoms with Gasteiger partial charge in [0.15, 0.2) is 0 Å². The maximum absolute atomic E-state index is 12.7. The van der Waals surface area contributed by atoms with Crippen molar-refractivity contribution in [3.05, 3.63) is 72.7 Å². The summed E-state index contributed by atoms with van der Waals surface area (Å²) in [5.41, 5.74) is 1.72. The Balaban J connectivity index is 1.40. The molecule has 2 aromatic heterocycles. The highest BCUT2D eigenvalue weighted by Gasteiger charge is 2.28. The van der Waals surface area contributed by atoms with Crippen molar-refractivity contribution >= 4 is 5.91 Å². The number of benzene rings is 1. The second-order valence-electron chi connectivity index (χ2n) is 5.98. The Bertz CT molecular complexity index is 832. The summed E-state index contributed by atoms with van der Waals surface area (Å²) in [6.07, 6.45) is 6.32. The van der Waals surface area contributed by atoms with E-state index in [0.29, 0.717) is 24.5 Å². The van der Waals surface area contributed by atoms with Crippen molar-refractivity contribution in [1.82, 2.24) is 19.7 Å². The van der Waals surface area contributed by atoms with Crippen molar-refractivity contribution in [2.45, 2.75) is 12.5 Å². The van der Waals surface area contributed by atoms with Crippen LogP contribution in [0.3, 0.4) is 0 Å². The molecule has 1 saturated heterocycles. The SMILES string of the molecule is O=C(c1ccc(-n2cccc2)cc1)N1CCC(Oc2cccnn2)C1. The average Bonchev–Trinajstić information content (AvgIpc) is 3.34. The monoisotopic (exact) mass is 334 g/mol. The van der Waals surface area contributed by atoms with Crippen LogP contribution in [0.2, 0.25) is 0 Å². The van der Waals surface area contributed by atoms with E-state index in [4.69, 9.17) is 4.74 Å². The first kappa shape index (κ1) is 15.4. The van der Waals surface area contributed by atoms with E-state index in [9.17, 15) is 4.79 Å². The number of hydrogen-bond donors (Lipinski definition) is 0. The van der Waals surface area contributed by atoms with Crippen LogP contribution in [0.15, 0.2) is 67.1 Å². The number of carbonyl (C=O) groups is 1. The van der Waals surface area contributed by atoms with E-state index in [0.717, 1.165) is 12.1 Å². The zero-order valence-electron chi connectivity index (χ0n) is 13.7. The lowest BCUT2D eigenvalue weighted by Gasteiger charge is -2.17. The summed E-state index contributed by atoms with van der Waals surface area (Å²) in [5.74, 6) is 0.530. The second kappa shape index (κ2) is 6.76. The van der Waals surface area contributed by atoms with Crippen LogP contribution in [-0.2, 0) is 0 Å². The first-order valence-electron chi connectivity index (χ1n) is 8.27. The zero-order chi connectivity index (χ0) is 17.1. The first-order chi connectivity index (χ1) is 12.3. The minimum Gasteiger partial charge on any atom is -0.471 e. The quantitative estimate of drug-likeness (QED) is 0.736. The number of aromatic nitrogens is 3. The second-order valence-corrected chi connectivity index (χ2v) is 5.98. The third kappa shape index (κ3) is 3.38. The van der Waals surface area contributed by atoms with Crippen LogP contribution in [0.1, 0.15) is 16.8 Å². The summed E-state index contributed by atoms with van der Waals surface area (Å²) in [4.78, 5) is 14.5. The molecular weight excluding hydrogens is 316 g/mol. The summed E-state index contributed by atoms with van der Waals surface area (Å²) in [7, 11) is 0. The minimum atomic E-state index is -0.0419. The smallest absolute Gasteiger partial charge is 0.253 e. The van der Waals surface area contributed by atoms with Gasteiger partial charge in [-0.1, -0.05) is 0 Å². The lowest BCUT2D eigenvalue weighted by molar-refractivity contribution is 0.0771. The molecule has 0 aliphatic carbocycles. The molecule has 1 aliphatic rings. The summed E-state index contributed by atoms with van der Waals surface area (Å²) < 4.78 is 7.80. The highest BCUT2D eigenvalue weighted by atomic mass is 16.5. The van der Waals surface area contributed by atoms with Gasteiger partial charge >= 0.3 is 0 Å². The molecular formula is C19H18N4O2. The minimum absolute atomic E-state index is 0.0318. The van der Waals surface area contributed by atoms with Crippen molar-refractivity contribution in [1.29, 1.82) is 0 Å². The van der Waals surface area contributed by atoms with Crippen molar-refractivity contribution in [3.8, 4) is 11.6 Å². The van der Waals surface area contributed by atoms with Crippen molar-refractivity contribution in [2.75, 3.05) is 13.1 Å². The summed E-state index contributed by atoms with van der Waals surface area (Å²) in [6.45, 7) is 1.25. The van der Waals surface area contributed by atoms with Crippen LogP contribution < -0.4 is 4.74 Å². The largest absolute Gasteiger partial charge is 0.471 e. The third-order valence-corrected chi connectivity index (χ3v) is 4.28. The molecule has 3 aromatic rings. The van der Waals surface area contributed by atoms with Gasteiger partial charge in [-0.2, -0.15) is 5.10 Å². The fourth-order valence-electron chi connectivity index (χ4n) is 3.00. The molecule has 0 spiro atoms. The van der Waals surface area contributed by atoms with Gasteiger partial charge in [0.2, 0.25) is 5.88 Å². The Morgan fingerprint density at radius 1 is 1.08 bits per heavy atom. The molecule has 126 valence electrons. The van der Waals surface area contributed by atoms with Gasteiger partial charge in [0, 0.05) is 48.9 Å². The van der Waals surface area contributed by atoms with Crippen molar-refractivity contribution < 1.29 is 9.53 Å². The van der Waals surface area contributed by atoms with Gasteiger partial charge in [0.25, 0.3) is 5.91 Å². The predicted octanol–water partition coefficient (Wildman–Crippen LogP) is 2.56. The van der Waals surface area contributed by atoms with Crippen molar-refractivity contribution in [2.24, 2.45) is 0 Å². The van der Waals surface area contributed by atoms with Crippen LogP contribution in [0.4, 0.5) is 0 Å². The molecule has 25 heavy (non-hydrogen) atoms. The highest BCUT2D eigenvalue weighted by molar-refractivity contribution is 5.94. The number of hydrogen-bond acceptors (Lipinski definition) is 4. The topological polar surface area (TPSA) is 60.2 Å². The molecule has 0 saturated carbocycles. The number of carbonyl (C=O) groups excluding carboxylic acids is 1. The standard InChI is InChI=1S/C19H18N4O2/c24-19(15-5-7-16(8-6-15)22-11-1-2-12-22)23-13-9-17(14-23)25-18-4-3-10-20-21-18/h1-8,10-12,17H,9,13-14H2. The molecule has 6 heteroatoms. The maximum atomic E-state index is 12.7. The van der Waals surface area contributed by atoms with Gasteiger partial charge in [-0.25, -0.2) is 0 Å². The van der Waals surface area contributed by atoms with Gasteiger partial charge in [0.1, 0.15) is 6.10 Å². The van der Waals surface area contributed by atoms with E-state index < -0.39 is 0 Å². The van der Waals surface area contributed by atoms with Gasteiger partial charge in [-0.05, 0) is 42.5 Å². The molecule has 1 fully saturated rings. The average molecular weight is 334 g/mol. The van der Waals surface area contributed by atoms with Gasteiger partial charge in [0.05, 0.1) is 6.54 Å². The van der Waals surface area contributed by atoms with E-state index in [2.05, 4.69) is 10.2 Å². The number of likely N-dealkylation sites (tertiary alicyclic amines) is 1. The van der Waals surface area contributed by atoms with E-state index in [-0.39, 0.29) is 12.0 Å². The van der Waals surface area contributed by atoms with Crippen LogP contribution >= 0.6 is 0 Å². The predicted molar refractivity (Wildman–Crippen MR) is 92.7 cm³/mol. The van der Waals surface area contributed by atoms with Gasteiger partial charge in [-0.3, -0.25) is 4.79 Å². The molecule has 1 unspecified atom stereocenters. The summed E-state index contributed by atoms with van der Waals surface area (Å²) >= 11 is 0. The Morgan fingerprint density at radius 2 is 1.88 bits per heavy atom. The van der Waals surface area contributed by atoms with Crippen molar-refractivity contribution in [3.63, 3.8) is 0 Å². The molecule has 1 amide bonds. The molecule has 0 radical (unpaired) electrons. The summed E-state index contributed by atoms with van der Waals surface area (Å²) in [6, 6.07) is 15.2. The zero-order valence-corrected chi connectivity index (χ0v) is 13.7. The molecule has 1 aliphatic heterocycles. The Hall–Kier alpha value is -3.15. The summed E-state index contributed by atoms with van der Waals surface area (Å²) in [5, 5.41) is 7.73. The lowest BCUT2D eigenvalue weighted by Crippen LogP contribution is -2.31. The fraction of sp³-hybridized carbons (Fsp3) is 0.211. The molecule has 0 bridgehead atoms. The maximum Gasteiger partial charge on any atom is 0.253 e. The van der Waals surface area contributed by atoms with E-state index in [1.54, 1.807) is 18.3 Å². The number of ether oxygens (including phenoxy) is 1. The molecule has 1 aromatic carbocycles. The molecule has 6 nitrogen and oxygen atoms in total. The number of amides is 1. The van der Waals surface area contributed by atoms with Crippen LogP contribution in [0, 0.1) is 0 Å². The van der Waals surface area contributed by atoms with E-state index >= 15 is 0 Å². The fourth-order valence-corrected chi connectivity index (χ4v) is 3.00. The highest BCUT2D eigenvalue weighted by Crippen LogP contribution is 2.19. The Kier molecular flexibility index (Phi) is 4.16. The van der Waals surface area contributed by atoms with Crippen LogP contribution in [-0.4, -0.2) is 44.8 Å². The van der Waals surface area contributed by atoms with Gasteiger partial charge < -0.3 is 14.2 Å². The Labute approximate surface area is 145 Å². The number of rotatable bonds is 4. The molecule has 3 heterocycles. The van der Waals surface area contributed by atoms with Crippen LogP contribution in [0.5, 0.6) is 5.88 Å². The Morgan fingerprint density at radius 3 is 2.60 bits per heavy atom. The lowest BCUT2D eigenvalue weighted by atomic mass is 10.2.